The van der Waals surface area contributed by atoms with Crippen molar-refractivity contribution in [3.63, 3.8) is 0 Å². The number of nitrogens with zero attached hydrogens (tertiary/aromatic N) is 1. The van der Waals surface area contributed by atoms with E-state index in [4.69, 9.17) is 9.84 Å². The number of aliphatic carboxylic acids is 1. The second-order valence-corrected chi connectivity index (χ2v) is 6.36. The van der Waals surface area contributed by atoms with E-state index in [2.05, 4.69) is 49.9 Å². The average molecular weight is 293 g/mol. The molecule has 21 heavy (non-hydrogen) atoms. The molecular weight excluding hydrogens is 266 g/mol. The third-order valence-corrected chi connectivity index (χ3v) is 3.48. The first-order valence-electron chi connectivity index (χ1n) is 7.35. The van der Waals surface area contributed by atoms with Crippen molar-refractivity contribution in [2.75, 3.05) is 26.8 Å². The highest BCUT2D eigenvalue weighted by Gasteiger charge is 2.13. The molecule has 1 N–H and O–H groups in total. The second-order valence-electron chi connectivity index (χ2n) is 6.36. The first-order valence-corrected chi connectivity index (χ1v) is 7.35. The van der Waals surface area contributed by atoms with Crippen LogP contribution < -0.4 is 0 Å². The van der Waals surface area contributed by atoms with E-state index >= 15 is 0 Å². The lowest BCUT2D eigenvalue weighted by atomic mass is 9.87. The zero-order valence-electron chi connectivity index (χ0n) is 13.6. The van der Waals surface area contributed by atoms with E-state index in [-0.39, 0.29) is 11.8 Å². The summed E-state index contributed by atoms with van der Waals surface area (Å²) in [6.45, 7) is 9.23. The number of ether oxygens (including phenoxy) is 1. The number of methoxy groups -OCH3 is 1. The Balaban J connectivity index is 2.66. The van der Waals surface area contributed by atoms with Gasteiger partial charge in [-0.2, -0.15) is 0 Å². The van der Waals surface area contributed by atoms with Gasteiger partial charge < -0.3 is 9.84 Å². The van der Waals surface area contributed by atoms with Crippen LogP contribution >= 0.6 is 0 Å². The van der Waals surface area contributed by atoms with Gasteiger partial charge in [0.05, 0.1) is 13.0 Å². The molecule has 0 atom stereocenters. The number of carboxylic acids is 1. The molecule has 0 heterocycles. The predicted octanol–water partition coefficient (Wildman–Crippen LogP) is 2.91. The molecule has 0 aliphatic carbocycles. The Morgan fingerprint density at radius 3 is 2.29 bits per heavy atom. The van der Waals surface area contributed by atoms with Crippen LogP contribution in [0.1, 0.15) is 38.3 Å². The zero-order chi connectivity index (χ0) is 15.9. The number of carbonyl (C=O) groups is 1. The Labute approximate surface area is 127 Å². The number of benzene rings is 1. The van der Waals surface area contributed by atoms with Crippen molar-refractivity contribution in [2.45, 2.75) is 39.2 Å². The molecule has 0 radical (unpaired) electrons. The van der Waals surface area contributed by atoms with Crippen molar-refractivity contribution in [2.24, 2.45) is 0 Å². The number of hydrogen-bond acceptors (Lipinski definition) is 3. The van der Waals surface area contributed by atoms with Crippen LogP contribution in [0, 0.1) is 0 Å². The van der Waals surface area contributed by atoms with E-state index < -0.39 is 5.97 Å². The van der Waals surface area contributed by atoms with Gasteiger partial charge in [0.15, 0.2) is 0 Å². The van der Waals surface area contributed by atoms with E-state index in [1.807, 2.05) is 0 Å². The first kappa shape index (κ1) is 17.7. The van der Waals surface area contributed by atoms with Crippen molar-refractivity contribution in [1.82, 2.24) is 4.90 Å². The lowest BCUT2D eigenvalue weighted by Crippen LogP contribution is -2.29. The molecule has 0 bridgehead atoms. The summed E-state index contributed by atoms with van der Waals surface area (Å²) in [5, 5.41) is 8.82. The van der Waals surface area contributed by atoms with Crippen LogP contribution in [0.25, 0.3) is 0 Å². The summed E-state index contributed by atoms with van der Waals surface area (Å²) in [6, 6.07) is 8.56. The predicted molar refractivity (Wildman–Crippen MR) is 84.5 cm³/mol. The fourth-order valence-electron chi connectivity index (χ4n) is 2.11. The summed E-state index contributed by atoms with van der Waals surface area (Å²) in [6.07, 6.45) is 0.157. The van der Waals surface area contributed by atoms with Gasteiger partial charge in [0.2, 0.25) is 0 Å². The molecule has 1 rings (SSSR count). The summed E-state index contributed by atoms with van der Waals surface area (Å²) >= 11 is 0. The lowest BCUT2D eigenvalue weighted by Gasteiger charge is -2.23. The molecule has 0 aliphatic rings. The van der Waals surface area contributed by atoms with E-state index in [0.717, 1.165) is 13.1 Å². The van der Waals surface area contributed by atoms with Gasteiger partial charge in [-0.1, -0.05) is 45.0 Å². The third-order valence-electron chi connectivity index (χ3n) is 3.48. The largest absolute Gasteiger partial charge is 0.481 e. The monoisotopic (exact) mass is 293 g/mol. The highest BCUT2D eigenvalue weighted by Crippen LogP contribution is 2.22. The Bertz CT molecular complexity index is 434. The summed E-state index contributed by atoms with van der Waals surface area (Å²) in [7, 11) is 1.66. The van der Waals surface area contributed by atoms with E-state index in [0.29, 0.717) is 13.2 Å². The molecule has 4 nitrogen and oxygen atoms in total. The van der Waals surface area contributed by atoms with Gasteiger partial charge >= 0.3 is 5.97 Å². The van der Waals surface area contributed by atoms with Gasteiger partial charge in [-0.15, -0.1) is 0 Å². The van der Waals surface area contributed by atoms with Crippen LogP contribution in [0.15, 0.2) is 24.3 Å². The Hall–Kier alpha value is -1.39. The molecule has 4 heteroatoms. The van der Waals surface area contributed by atoms with Crippen LogP contribution in [0.5, 0.6) is 0 Å². The van der Waals surface area contributed by atoms with Gasteiger partial charge in [-0.3, -0.25) is 9.69 Å². The fraction of sp³-hybridized carbons (Fsp3) is 0.588. The van der Waals surface area contributed by atoms with Gasteiger partial charge in [0.25, 0.3) is 0 Å². The third kappa shape index (κ3) is 6.74. The molecular formula is C17H27NO3. The quantitative estimate of drug-likeness (QED) is 0.800. The van der Waals surface area contributed by atoms with Crippen LogP contribution in [0.3, 0.4) is 0 Å². The maximum atomic E-state index is 10.7. The van der Waals surface area contributed by atoms with Crippen molar-refractivity contribution < 1.29 is 14.6 Å². The van der Waals surface area contributed by atoms with E-state index in [9.17, 15) is 4.79 Å². The highest BCUT2D eigenvalue weighted by molar-refractivity contribution is 5.66. The Kier molecular flexibility index (Phi) is 6.85. The van der Waals surface area contributed by atoms with E-state index in [1.165, 1.54) is 11.1 Å². The summed E-state index contributed by atoms with van der Waals surface area (Å²) in [5.74, 6) is -0.763. The van der Waals surface area contributed by atoms with Gasteiger partial charge in [-0.05, 0) is 16.5 Å². The molecule has 0 amide bonds. The fourth-order valence-corrected chi connectivity index (χ4v) is 2.11. The minimum Gasteiger partial charge on any atom is -0.481 e. The maximum Gasteiger partial charge on any atom is 0.304 e. The lowest BCUT2D eigenvalue weighted by molar-refractivity contribution is -0.137. The van der Waals surface area contributed by atoms with Gasteiger partial charge in [0, 0.05) is 26.7 Å². The number of carboxylic acid groups (broad SMARTS) is 1. The van der Waals surface area contributed by atoms with Gasteiger partial charge in [0.1, 0.15) is 0 Å². The van der Waals surface area contributed by atoms with E-state index in [1.54, 1.807) is 7.11 Å². The summed E-state index contributed by atoms with van der Waals surface area (Å²) in [5.41, 5.74) is 2.65. The first-order chi connectivity index (χ1) is 9.82. The van der Waals surface area contributed by atoms with Crippen LogP contribution in [-0.2, 0) is 21.5 Å². The smallest absolute Gasteiger partial charge is 0.304 e. The van der Waals surface area contributed by atoms with Crippen molar-refractivity contribution >= 4 is 5.97 Å². The summed E-state index contributed by atoms with van der Waals surface area (Å²) < 4.78 is 5.09. The standard InChI is InChI=1S/C17H27NO3/c1-17(2,3)15-7-5-14(6-8-15)13-18(11-12-21-4)10-9-16(19)20/h5-8H,9-13H2,1-4H3,(H,19,20). The average Bonchev–Trinajstić information content (AvgIpc) is 2.41. The van der Waals surface area contributed by atoms with Crippen LogP contribution in [0.2, 0.25) is 0 Å². The molecule has 0 aromatic heterocycles. The Morgan fingerprint density at radius 1 is 1.19 bits per heavy atom. The van der Waals surface area contributed by atoms with Crippen LogP contribution in [-0.4, -0.2) is 42.8 Å². The molecule has 0 unspecified atom stereocenters. The molecule has 118 valence electrons. The SMILES string of the molecule is COCCN(CCC(=O)O)Cc1ccc(C(C)(C)C)cc1. The zero-order valence-corrected chi connectivity index (χ0v) is 13.6. The van der Waals surface area contributed by atoms with Crippen LogP contribution in [0.4, 0.5) is 0 Å². The molecule has 0 aliphatic heterocycles. The van der Waals surface area contributed by atoms with Gasteiger partial charge in [-0.25, -0.2) is 0 Å². The molecule has 0 spiro atoms. The molecule has 1 aromatic rings. The normalized spacial score (nSPS) is 11.9. The topological polar surface area (TPSA) is 49.8 Å². The van der Waals surface area contributed by atoms with Crippen molar-refractivity contribution in [1.29, 1.82) is 0 Å². The number of hydrogen-bond donors (Lipinski definition) is 1. The maximum absolute atomic E-state index is 10.7. The van der Waals surface area contributed by atoms with Crippen molar-refractivity contribution in [3.8, 4) is 0 Å². The second kappa shape index (κ2) is 8.15. The summed E-state index contributed by atoms with van der Waals surface area (Å²) in [4.78, 5) is 12.8. The minimum absolute atomic E-state index is 0.150. The molecule has 0 saturated heterocycles. The Morgan fingerprint density at radius 2 is 1.81 bits per heavy atom. The highest BCUT2D eigenvalue weighted by atomic mass is 16.5. The molecule has 1 aromatic carbocycles. The minimum atomic E-state index is -0.763. The van der Waals surface area contributed by atoms with Crippen molar-refractivity contribution in [3.05, 3.63) is 35.4 Å². The molecule has 0 fully saturated rings. The molecule has 0 saturated carbocycles. The number of rotatable bonds is 8.